The molecule has 0 unspecified atom stereocenters. The van der Waals surface area contributed by atoms with Crippen LogP contribution in [0.15, 0.2) is 130 Å². The molecule has 0 fully saturated rings. The summed E-state index contributed by atoms with van der Waals surface area (Å²) in [4.78, 5) is 33.8. The van der Waals surface area contributed by atoms with Gasteiger partial charge in [-0.1, -0.05) is 102 Å². The molecule has 222 valence electrons. The van der Waals surface area contributed by atoms with E-state index in [1.54, 1.807) is 11.5 Å². The number of nitrogens with zero attached hydrogens (tertiary/aromatic N) is 2. The molecule has 0 saturated carbocycles. The van der Waals surface area contributed by atoms with E-state index in [-0.39, 0.29) is 12.2 Å². The molecule has 8 heteroatoms. The first-order valence-electron chi connectivity index (χ1n) is 14.6. The number of carbonyl (C=O) groups excluding carboxylic acids is 1. The predicted molar refractivity (Wildman–Crippen MR) is 180 cm³/mol. The molecule has 0 aliphatic carbocycles. The third-order valence-electron chi connectivity index (χ3n) is 7.64. The van der Waals surface area contributed by atoms with Crippen LogP contribution in [0.2, 0.25) is 0 Å². The predicted octanol–water partition coefficient (Wildman–Crippen LogP) is 6.73. The number of carbonyl (C=O) groups is 1. The van der Waals surface area contributed by atoms with Crippen molar-refractivity contribution >= 4 is 51.2 Å². The van der Waals surface area contributed by atoms with Gasteiger partial charge in [0.15, 0.2) is 4.80 Å². The number of fused-ring (bicyclic) bond motifs is 2. The summed E-state index contributed by atoms with van der Waals surface area (Å²) >= 11 is 2.81. The molecule has 1 atom stereocenters. The second-order valence-corrected chi connectivity index (χ2v) is 12.4. The van der Waals surface area contributed by atoms with Gasteiger partial charge in [-0.2, -0.15) is 0 Å². The largest absolute Gasteiger partial charge is 0.489 e. The molecule has 7 rings (SSSR count). The summed E-state index contributed by atoms with van der Waals surface area (Å²) in [6, 6.07) is 35.0. The van der Waals surface area contributed by atoms with E-state index < -0.39 is 12.0 Å². The molecule has 0 N–H and O–H groups in total. The fraction of sp³-hybridized carbons (Fsp3) is 0.108. The van der Waals surface area contributed by atoms with Gasteiger partial charge in [0.05, 0.1) is 22.4 Å². The highest BCUT2D eigenvalue weighted by atomic mass is 32.1. The summed E-state index contributed by atoms with van der Waals surface area (Å²) in [5, 5.41) is 4.30. The number of aromatic nitrogens is 1. The highest BCUT2D eigenvalue weighted by Crippen LogP contribution is 2.36. The van der Waals surface area contributed by atoms with Gasteiger partial charge in [-0.05, 0) is 58.5 Å². The number of esters is 1. The minimum Gasteiger partial charge on any atom is -0.489 e. The first-order chi connectivity index (χ1) is 22.1. The molecule has 6 nitrogen and oxygen atoms in total. The van der Waals surface area contributed by atoms with Crippen molar-refractivity contribution in [3.63, 3.8) is 0 Å². The Hall–Kier alpha value is -5.05. The van der Waals surface area contributed by atoms with E-state index >= 15 is 0 Å². The second kappa shape index (κ2) is 12.5. The summed E-state index contributed by atoms with van der Waals surface area (Å²) in [6.45, 7) is 2.44. The topological polar surface area (TPSA) is 69.9 Å². The molecule has 1 aliphatic heterocycles. The number of thiophene rings is 1. The van der Waals surface area contributed by atoms with Gasteiger partial charge in [0, 0.05) is 10.4 Å². The average molecular weight is 629 g/mol. The van der Waals surface area contributed by atoms with E-state index in [2.05, 4.69) is 24.3 Å². The third kappa shape index (κ3) is 5.66. The Kier molecular flexibility index (Phi) is 7.98. The number of rotatable bonds is 8. The van der Waals surface area contributed by atoms with Crippen LogP contribution in [0.1, 0.15) is 34.5 Å². The minimum atomic E-state index is -0.650. The lowest BCUT2D eigenvalue weighted by Crippen LogP contribution is -2.39. The Morgan fingerprint density at radius 1 is 0.911 bits per heavy atom. The van der Waals surface area contributed by atoms with Crippen LogP contribution in [0.4, 0.5) is 0 Å². The zero-order chi connectivity index (χ0) is 30.8. The van der Waals surface area contributed by atoms with Crippen molar-refractivity contribution in [1.82, 2.24) is 4.57 Å². The van der Waals surface area contributed by atoms with Crippen LogP contribution in [0.25, 0.3) is 22.5 Å². The van der Waals surface area contributed by atoms with Gasteiger partial charge in [0.2, 0.25) is 0 Å². The second-order valence-electron chi connectivity index (χ2n) is 10.4. The molecular formula is C37H28N2O4S2. The quantitative estimate of drug-likeness (QED) is 0.175. The van der Waals surface area contributed by atoms with E-state index in [9.17, 15) is 9.59 Å². The van der Waals surface area contributed by atoms with Crippen molar-refractivity contribution in [1.29, 1.82) is 0 Å². The Balaban J connectivity index is 1.25. The fourth-order valence-electron chi connectivity index (χ4n) is 5.55. The Bertz CT molecular complexity index is 2210. The lowest BCUT2D eigenvalue weighted by atomic mass is 9.97. The highest BCUT2D eigenvalue weighted by molar-refractivity contribution is 7.10. The van der Waals surface area contributed by atoms with Gasteiger partial charge >= 0.3 is 5.97 Å². The van der Waals surface area contributed by atoms with Crippen molar-refractivity contribution in [3.05, 3.63) is 161 Å². The van der Waals surface area contributed by atoms with Crippen LogP contribution in [0.5, 0.6) is 5.75 Å². The highest BCUT2D eigenvalue weighted by Gasteiger charge is 2.35. The average Bonchev–Trinajstić information content (AvgIpc) is 3.72. The third-order valence-corrected chi connectivity index (χ3v) is 9.55. The van der Waals surface area contributed by atoms with Crippen molar-refractivity contribution in [3.8, 4) is 5.75 Å². The van der Waals surface area contributed by atoms with Crippen LogP contribution in [-0.4, -0.2) is 17.1 Å². The van der Waals surface area contributed by atoms with Crippen molar-refractivity contribution in [2.75, 3.05) is 6.61 Å². The Morgan fingerprint density at radius 3 is 2.47 bits per heavy atom. The lowest BCUT2D eigenvalue weighted by molar-refractivity contribution is -0.138. The molecule has 2 aromatic heterocycles. The summed E-state index contributed by atoms with van der Waals surface area (Å²) in [5.74, 6) is 0.262. The van der Waals surface area contributed by atoms with Crippen molar-refractivity contribution < 1.29 is 14.3 Å². The Morgan fingerprint density at radius 2 is 1.69 bits per heavy atom. The van der Waals surface area contributed by atoms with Gasteiger partial charge in [-0.15, -0.1) is 11.3 Å². The van der Waals surface area contributed by atoms with Gasteiger partial charge in [0.1, 0.15) is 18.4 Å². The number of benzene rings is 4. The van der Waals surface area contributed by atoms with Crippen LogP contribution in [-0.2, 0) is 16.1 Å². The molecular weight excluding hydrogens is 601 g/mol. The number of ether oxygens (including phenoxy) is 2. The number of hydrogen-bond acceptors (Lipinski definition) is 7. The molecule has 0 saturated heterocycles. The minimum absolute atomic E-state index is 0.206. The van der Waals surface area contributed by atoms with Crippen LogP contribution in [0.3, 0.4) is 0 Å². The summed E-state index contributed by atoms with van der Waals surface area (Å²) in [6.07, 6.45) is 1.86. The zero-order valence-corrected chi connectivity index (χ0v) is 26.0. The molecule has 45 heavy (non-hydrogen) atoms. The van der Waals surface area contributed by atoms with E-state index in [0.717, 1.165) is 27.3 Å². The molecule has 3 heterocycles. The van der Waals surface area contributed by atoms with Gasteiger partial charge in [-0.25, -0.2) is 9.79 Å². The maximum Gasteiger partial charge on any atom is 0.338 e. The smallest absolute Gasteiger partial charge is 0.338 e. The maximum atomic E-state index is 14.0. The van der Waals surface area contributed by atoms with Crippen molar-refractivity contribution in [2.24, 2.45) is 4.99 Å². The van der Waals surface area contributed by atoms with Gasteiger partial charge in [-0.3, -0.25) is 9.36 Å². The molecule has 1 aliphatic rings. The summed E-state index contributed by atoms with van der Waals surface area (Å²) < 4.78 is 13.8. The maximum absolute atomic E-state index is 14.0. The molecule has 0 spiro atoms. The van der Waals surface area contributed by atoms with E-state index in [0.29, 0.717) is 27.2 Å². The first kappa shape index (κ1) is 28.7. The SMILES string of the molecule is CCOC(=O)C1=C(c2ccccc2)N=c2s/c(=C/c3ccc(OCc4cccc5ccccc45)cc3)c(=O)n2[C@@H]1c1cccs1. The monoisotopic (exact) mass is 628 g/mol. The molecule has 0 radical (unpaired) electrons. The molecule has 6 aromatic rings. The van der Waals surface area contributed by atoms with Crippen LogP contribution >= 0.6 is 22.7 Å². The number of thiazole rings is 1. The fourth-order valence-corrected chi connectivity index (χ4v) is 7.37. The summed E-state index contributed by atoms with van der Waals surface area (Å²) in [5.41, 5.74) is 3.44. The summed E-state index contributed by atoms with van der Waals surface area (Å²) in [7, 11) is 0. The molecule has 0 bridgehead atoms. The van der Waals surface area contributed by atoms with Crippen LogP contribution < -0.4 is 19.6 Å². The van der Waals surface area contributed by atoms with Gasteiger partial charge < -0.3 is 9.47 Å². The van der Waals surface area contributed by atoms with E-state index in [4.69, 9.17) is 14.5 Å². The van der Waals surface area contributed by atoms with Crippen molar-refractivity contribution in [2.45, 2.75) is 19.6 Å². The normalized spacial score (nSPS) is 14.7. The zero-order valence-electron chi connectivity index (χ0n) is 24.4. The standard InChI is InChI=1S/C37H28N2O4S2/c1-2-42-36(41)32-33(26-11-4-3-5-12-26)38-37-39(34(32)30-16-9-21-44-30)35(40)31(45-37)22-24-17-19-28(20-18-24)43-23-27-14-8-13-25-10-6-7-15-29(25)27/h3-22,34H,2,23H2,1H3/b31-22+/t34-/m1/s1. The molecule has 4 aromatic carbocycles. The van der Waals surface area contributed by atoms with Crippen LogP contribution in [0, 0.1) is 0 Å². The van der Waals surface area contributed by atoms with E-state index in [1.807, 2.05) is 96.4 Å². The Labute approximate surface area is 267 Å². The van der Waals surface area contributed by atoms with E-state index in [1.165, 1.54) is 33.4 Å². The lowest BCUT2D eigenvalue weighted by Gasteiger charge is -2.24. The molecule has 0 amide bonds. The first-order valence-corrected chi connectivity index (χ1v) is 16.3. The van der Waals surface area contributed by atoms with Gasteiger partial charge in [0.25, 0.3) is 5.56 Å². The number of hydrogen-bond donors (Lipinski definition) is 0.